The molecule has 4 nitrogen and oxygen atoms in total. The van der Waals surface area contributed by atoms with Gasteiger partial charge in [-0.05, 0) is 24.3 Å². The molecule has 5 heteroatoms. The topological polar surface area (TPSA) is 36.8 Å². The molecule has 2 aromatic carbocycles. The van der Waals surface area contributed by atoms with Crippen molar-refractivity contribution in [3.05, 3.63) is 65.5 Å². The number of hydrogen-bond donors (Lipinski definition) is 2. The number of quaternary nitrogens is 1. The fraction of sp³-hybridized carbons (Fsp3) is 0.381. The first kappa shape index (κ1) is 18.4. The third kappa shape index (κ3) is 4.22. The Labute approximate surface area is 154 Å². The van der Waals surface area contributed by atoms with Crippen LogP contribution in [0.3, 0.4) is 0 Å². The van der Waals surface area contributed by atoms with Gasteiger partial charge in [0.2, 0.25) is 0 Å². The second-order valence-electron chi connectivity index (χ2n) is 7.09. The van der Waals surface area contributed by atoms with E-state index in [1.807, 2.05) is 14.1 Å². The first-order valence-corrected chi connectivity index (χ1v) is 9.21. The van der Waals surface area contributed by atoms with E-state index in [0.29, 0.717) is 6.54 Å². The number of hydrogen-bond acceptors (Lipinski definition) is 2. The summed E-state index contributed by atoms with van der Waals surface area (Å²) in [5, 5.41) is 2.94. The molecule has 2 N–H and O–H groups in total. The zero-order valence-electron chi connectivity index (χ0n) is 15.5. The van der Waals surface area contributed by atoms with E-state index in [0.717, 1.165) is 18.8 Å². The molecular formula is C21H27FN3O+. The van der Waals surface area contributed by atoms with Gasteiger partial charge in [-0.3, -0.25) is 4.79 Å². The van der Waals surface area contributed by atoms with Crippen LogP contribution in [-0.2, 0) is 0 Å². The van der Waals surface area contributed by atoms with Gasteiger partial charge in [-0.15, -0.1) is 0 Å². The van der Waals surface area contributed by atoms with E-state index >= 15 is 0 Å². The number of anilines is 1. The lowest BCUT2D eigenvalue weighted by Crippen LogP contribution is -3.11. The molecule has 3 rings (SSSR count). The van der Waals surface area contributed by atoms with Crippen molar-refractivity contribution in [2.75, 3.05) is 38.6 Å². The number of rotatable bonds is 6. The van der Waals surface area contributed by atoms with Crippen LogP contribution in [0.15, 0.2) is 48.5 Å². The highest BCUT2D eigenvalue weighted by Gasteiger charge is 2.28. The molecule has 0 bridgehead atoms. The highest BCUT2D eigenvalue weighted by Crippen LogP contribution is 2.17. The van der Waals surface area contributed by atoms with E-state index in [1.54, 1.807) is 12.1 Å². The molecule has 1 heterocycles. The summed E-state index contributed by atoms with van der Waals surface area (Å²) in [5.74, 6) is -0.831. The number of nitrogens with one attached hydrogen (secondary N) is 2. The van der Waals surface area contributed by atoms with E-state index in [9.17, 15) is 9.18 Å². The average molecular weight is 356 g/mol. The van der Waals surface area contributed by atoms with Crippen LogP contribution >= 0.6 is 0 Å². The smallest absolute Gasteiger partial charge is 0.254 e. The lowest BCUT2D eigenvalue weighted by molar-refractivity contribution is -0.918. The van der Waals surface area contributed by atoms with Crippen molar-refractivity contribution in [1.82, 2.24) is 5.32 Å². The standard InChI is InChI=1S/C21H26FN3O/c1-24(2)17-11-9-16(10-12-17)20(25-13-5-6-14-25)15-23-21(26)18-7-3-4-8-19(18)22/h3-4,7-12,20H,5-6,13-15H2,1-2H3,(H,23,26)/p+1/t20-/m0/s1. The van der Waals surface area contributed by atoms with E-state index in [2.05, 4.69) is 34.5 Å². The Morgan fingerprint density at radius 3 is 2.38 bits per heavy atom. The average Bonchev–Trinajstić information content (AvgIpc) is 3.17. The van der Waals surface area contributed by atoms with Gasteiger partial charge in [0.1, 0.15) is 11.9 Å². The Balaban J connectivity index is 1.74. The minimum absolute atomic E-state index is 0.102. The molecule has 1 fully saturated rings. The minimum atomic E-state index is -0.481. The Morgan fingerprint density at radius 2 is 1.77 bits per heavy atom. The maximum absolute atomic E-state index is 13.8. The normalized spacial score (nSPS) is 15.7. The molecule has 26 heavy (non-hydrogen) atoms. The fourth-order valence-corrected chi connectivity index (χ4v) is 3.62. The van der Waals surface area contributed by atoms with Crippen LogP contribution in [0.2, 0.25) is 0 Å². The van der Waals surface area contributed by atoms with Crippen LogP contribution in [0.25, 0.3) is 0 Å². The van der Waals surface area contributed by atoms with Crippen molar-refractivity contribution in [3.63, 3.8) is 0 Å². The molecule has 1 atom stereocenters. The lowest BCUT2D eigenvalue weighted by Gasteiger charge is -2.26. The summed E-state index contributed by atoms with van der Waals surface area (Å²) in [4.78, 5) is 15.9. The van der Waals surface area contributed by atoms with Gasteiger partial charge in [-0.2, -0.15) is 0 Å². The van der Waals surface area contributed by atoms with E-state index in [-0.39, 0.29) is 17.5 Å². The van der Waals surface area contributed by atoms with Crippen LogP contribution in [0, 0.1) is 5.82 Å². The van der Waals surface area contributed by atoms with Gasteiger partial charge in [-0.1, -0.05) is 24.3 Å². The van der Waals surface area contributed by atoms with Gasteiger partial charge < -0.3 is 15.1 Å². The molecule has 0 radical (unpaired) electrons. The molecule has 1 saturated heterocycles. The summed E-state index contributed by atoms with van der Waals surface area (Å²) < 4.78 is 13.8. The van der Waals surface area contributed by atoms with Gasteiger partial charge in [-0.25, -0.2) is 4.39 Å². The molecule has 1 amide bonds. The lowest BCUT2D eigenvalue weighted by atomic mass is 10.0. The van der Waals surface area contributed by atoms with E-state index < -0.39 is 5.82 Å². The summed E-state index contributed by atoms with van der Waals surface area (Å²) in [6.07, 6.45) is 2.42. The minimum Gasteiger partial charge on any atom is -0.378 e. The molecule has 2 aromatic rings. The summed E-state index contributed by atoms with van der Waals surface area (Å²) in [7, 11) is 4.04. The molecule has 0 aromatic heterocycles. The summed E-state index contributed by atoms with van der Waals surface area (Å²) >= 11 is 0. The SMILES string of the molecule is CN(C)c1ccc([C@H](CNC(=O)c2ccccc2F)[NH+]2CCCC2)cc1. The van der Waals surface area contributed by atoms with Gasteiger partial charge in [0, 0.05) is 38.2 Å². The van der Waals surface area contributed by atoms with Gasteiger partial charge >= 0.3 is 0 Å². The zero-order chi connectivity index (χ0) is 18.5. The van der Waals surface area contributed by atoms with Crippen LogP contribution in [0.5, 0.6) is 0 Å². The zero-order valence-corrected chi connectivity index (χ0v) is 15.5. The van der Waals surface area contributed by atoms with Crippen molar-refractivity contribution < 1.29 is 14.1 Å². The second kappa shape index (κ2) is 8.32. The summed E-state index contributed by atoms with van der Waals surface area (Å²) in [6.45, 7) is 2.72. The molecule has 0 aliphatic carbocycles. The highest BCUT2D eigenvalue weighted by molar-refractivity contribution is 5.94. The quantitative estimate of drug-likeness (QED) is 0.831. The maximum atomic E-state index is 13.8. The third-order valence-corrected chi connectivity index (χ3v) is 5.14. The summed E-state index contributed by atoms with van der Waals surface area (Å²) in [6, 6.07) is 14.8. The Hall–Kier alpha value is -2.40. The molecule has 0 spiro atoms. The predicted molar refractivity (Wildman–Crippen MR) is 102 cm³/mol. The van der Waals surface area contributed by atoms with E-state index in [1.165, 1.54) is 35.4 Å². The van der Waals surface area contributed by atoms with Crippen molar-refractivity contribution >= 4 is 11.6 Å². The molecule has 1 aliphatic heterocycles. The Morgan fingerprint density at radius 1 is 1.12 bits per heavy atom. The number of carbonyl (C=O) groups excluding carboxylic acids is 1. The van der Waals surface area contributed by atoms with Gasteiger partial charge in [0.25, 0.3) is 5.91 Å². The molecule has 138 valence electrons. The number of benzene rings is 2. The van der Waals surface area contributed by atoms with Crippen molar-refractivity contribution in [3.8, 4) is 0 Å². The van der Waals surface area contributed by atoms with Crippen molar-refractivity contribution in [2.45, 2.75) is 18.9 Å². The largest absolute Gasteiger partial charge is 0.378 e. The first-order valence-electron chi connectivity index (χ1n) is 9.21. The second-order valence-corrected chi connectivity index (χ2v) is 7.09. The molecular weight excluding hydrogens is 329 g/mol. The van der Waals surface area contributed by atoms with Gasteiger partial charge in [0.05, 0.1) is 25.2 Å². The Kier molecular flexibility index (Phi) is 5.89. The number of halogens is 1. The van der Waals surface area contributed by atoms with E-state index in [4.69, 9.17) is 0 Å². The highest BCUT2D eigenvalue weighted by atomic mass is 19.1. The number of carbonyl (C=O) groups is 1. The van der Waals surface area contributed by atoms with Crippen LogP contribution in [-0.4, -0.2) is 39.6 Å². The summed E-state index contributed by atoms with van der Waals surface area (Å²) in [5.41, 5.74) is 2.46. The maximum Gasteiger partial charge on any atom is 0.254 e. The number of nitrogens with zero attached hydrogens (tertiary/aromatic N) is 1. The number of likely N-dealkylation sites (tertiary alicyclic amines) is 1. The molecule has 1 aliphatic rings. The molecule has 0 saturated carbocycles. The predicted octanol–water partition coefficient (Wildman–Crippen LogP) is 2.04. The van der Waals surface area contributed by atoms with Crippen molar-refractivity contribution in [2.24, 2.45) is 0 Å². The van der Waals surface area contributed by atoms with Crippen LogP contribution in [0.1, 0.15) is 34.8 Å². The number of amides is 1. The third-order valence-electron chi connectivity index (χ3n) is 5.14. The van der Waals surface area contributed by atoms with Crippen LogP contribution in [0.4, 0.5) is 10.1 Å². The Bertz CT molecular complexity index is 739. The molecule has 0 unspecified atom stereocenters. The van der Waals surface area contributed by atoms with Crippen LogP contribution < -0.4 is 15.1 Å². The van der Waals surface area contributed by atoms with Crippen molar-refractivity contribution in [1.29, 1.82) is 0 Å². The first-order chi connectivity index (χ1) is 12.6. The fourth-order valence-electron chi connectivity index (χ4n) is 3.62. The van der Waals surface area contributed by atoms with Gasteiger partial charge in [0.15, 0.2) is 0 Å². The monoisotopic (exact) mass is 356 g/mol.